The number of hydrogen-bond acceptors (Lipinski definition) is 6. The van der Waals surface area contributed by atoms with E-state index in [0.29, 0.717) is 11.3 Å². The Morgan fingerprint density at radius 1 is 1.39 bits per heavy atom. The average molecular weight is 402 g/mol. The van der Waals surface area contributed by atoms with E-state index in [1.165, 1.54) is 23.5 Å². The van der Waals surface area contributed by atoms with E-state index < -0.39 is 11.4 Å². The maximum atomic E-state index is 13.8. The summed E-state index contributed by atoms with van der Waals surface area (Å²) >= 11 is 1.51. The molecule has 1 aromatic carbocycles. The van der Waals surface area contributed by atoms with Crippen LogP contribution in [-0.4, -0.2) is 35.8 Å². The minimum Gasteiger partial charge on any atom is -0.444 e. The molecule has 0 unspecified atom stereocenters. The van der Waals surface area contributed by atoms with E-state index in [1.807, 2.05) is 32.2 Å². The van der Waals surface area contributed by atoms with Crippen LogP contribution in [0.25, 0.3) is 11.3 Å². The number of anilines is 1. The predicted molar refractivity (Wildman–Crippen MR) is 107 cm³/mol. The number of ether oxygens (including phenoxy) is 1. The number of carbonyl (C=O) groups excluding carboxylic acids is 1. The molecule has 0 bridgehead atoms. The molecule has 1 aliphatic rings. The fourth-order valence-electron chi connectivity index (χ4n) is 3.00. The number of nitrogens with one attached hydrogen (secondary N) is 1. The number of benzene rings is 1. The van der Waals surface area contributed by atoms with Crippen LogP contribution >= 0.6 is 11.3 Å². The Balaban J connectivity index is 1.58. The number of hydrogen-bond donors (Lipinski definition) is 1. The average Bonchev–Trinajstić information content (AvgIpc) is 3.10. The molecule has 0 saturated carbocycles. The van der Waals surface area contributed by atoms with Gasteiger partial charge in [0.05, 0.1) is 11.3 Å². The number of carbonyl (C=O) groups is 1. The lowest BCUT2D eigenvalue weighted by Crippen LogP contribution is -2.46. The number of nitriles is 1. The van der Waals surface area contributed by atoms with Gasteiger partial charge in [-0.2, -0.15) is 5.26 Å². The molecule has 2 heterocycles. The summed E-state index contributed by atoms with van der Waals surface area (Å²) in [5.41, 5.74) is 0.865. The van der Waals surface area contributed by atoms with Gasteiger partial charge in [0, 0.05) is 30.1 Å². The number of piperidine rings is 1. The van der Waals surface area contributed by atoms with Crippen molar-refractivity contribution in [3.05, 3.63) is 35.0 Å². The Labute approximate surface area is 167 Å². The van der Waals surface area contributed by atoms with E-state index in [4.69, 9.17) is 10.00 Å². The molecular weight excluding hydrogens is 379 g/mol. The van der Waals surface area contributed by atoms with E-state index in [9.17, 15) is 9.18 Å². The molecule has 6 nitrogen and oxygen atoms in total. The van der Waals surface area contributed by atoms with Crippen LogP contribution in [0.5, 0.6) is 0 Å². The molecule has 8 heteroatoms. The van der Waals surface area contributed by atoms with Gasteiger partial charge in [0.1, 0.15) is 17.5 Å². The standard InChI is InChI=1S/C20H23FN4O2S/c1-20(2,3)27-19(26)23-15-6-8-25(9-7-15)18-24-17(12-28-18)13-4-5-14(11-22)16(21)10-13/h4-5,10,12,15H,6-9H2,1-3H3,(H,23,26). The number of thiazole rings is 1. The molecule has 0 atom stereocenters. The SMILES string of the molecule is CC(C)(C)OC(=O)NC1CCN(c2nc(-c3ccc(C#N)c(F)c3)cs2)CC1. The van der Waals surface area contributed by atoms with Gasteiger partial charge in [0.25, 0.3) is 0 Å². The summed E-state index contributed by atoms with van der Waals surface area (Å²) in [5, 5.41) is 14.5. The zero-order valence-corrected chi connectivity index (χ0v) is 17.0. The van der Waals surface area contributed by atoms with Crippen molar-refractivity contribution in [1.29, 1.82) is 5.26 Å². The molecule has 148 valence electrons. The van der Waals surface area contributed by atoms with Crippen LogP contribution in [0, 0.1) is 17.1 Å². The van der Waals surface area contributed by atoms with Crippen LogP contribution in [0.3, 0.4) is 0 Å². The van der Waals surface area contributed by atoms with E-state index in [-0.39, 0.29) is 17.7 Å². The van der Waals surface area contributed by atoms with Gasteiger partial charge in [-0.15, -0.1) is 11.3 Å². The summed E-state index contributed by atoms with van der Waals surface area (Å²) < 4.78 is 19.2. The first-order chi connectivity index (χ1) is 13.2. The third kappa shape index (κ3) is 4.98. The zero-order valence-electron chi connectivity index (χ0n) is 16.2. The molecule has 1 aliphatic heterocycles. The van der Waals surface area contributed by atoms with Gasteiger partial charge in [-0.05, 0) is 45.7 Å². The molecule has 0 radical (unpaired) electrons. The monoisotopic (exact) mass is 402 g/mol. The van der Waals surface area contributed by atoms with Crippen molar-refractivity contribution in [3.8, 4) is 17.3 Å². The lowest BCUT2D eigenvalue weighted by atomic mass is 10.1. The maximum Gasteiger partial charge on any atom is 0.407 e. The maximum absolute atomic E-state index is 13.8. The van der Waals surface area contributed by atoms with Crippen molar-refractivity contribution in [2.75, 3.05) is 18.0 Å². The molecule has 0 spiro atoms. The Morgan fingerprint density at radius 3 is 2.71 bits per heavy atom. The van der Waals surface area contributed by atoms with Gasteiger partial charge in [0.15, 0.2) is 5.13 Å². The predicted octanol–water partition coefficient (Wildman–Crippen LogP) is 4.31. The third-order valence-electron chi connectivity index (χ3n) is 4.36. The highest BCUT2D eigenvalue weighted by atomic mass is 32.1. The number of aromatic nitrogens is 1. The van der Waals surface area contributed by atoms with Gasteiger partial charge < -0.3 is 15.0 Å². The van der Waals surface area contributed by atoms with Crippen molar-refractivity contribution in [2.45, 2.75) is 45.3 Å². The van der Waals surface area contributed by atoms with Gasteiger partial charge in [0.2, 0.25) is 0 Å². The summed E-state index contributed by atoms with van der Waals surface area (Å²) in [6.07, 6.45) is 1.23. The van der Waals surface area contributed by atoms with Crippen LogP contribution in [0.15, 0.2) is 23.6 Å². The van der Waals surface area contributed by atoms with Crippen LogP contribution in [0.4, 0.5) is 14.3 Å². The van der Waals surface area contributed by atoms with Crippen LogP contribution < -0.4 is 10.2 Å². The van der Waals surface area contributed by atoms with Crippen LogP contribution in [-0.2, 0) is 4.74 Å². The molecule has 1 N–H and O–H groups in total. The lowest BCUT2D eigenvalue weighted by Gasteiger charge is -2.32. The summed E-state index contributed by atoms with van der Waals surface area (Å²) in [6.45, 7) is 7.07. The quantitative estimate of drug-likeness (QED) is 0.827. The second-order valence-corrected chi connectivity index (χ2v) is 8.57. The van der Waals surface area contributed by atoms with Crippen molar-refractivity contribution in [2.24, 2.45) is 0 Å². The first kappa shape index (κ1) is 20.1. The van der Waals surface area contributed by atoms with Crippen molar-refractivity contribution in [1.82, 2.24) is 10.3 Å². The molecule has 2 aromatic rings. The summed E-state index contributed by atoms with van der Waals surface area (Å²) in [7, 11) is 0. The Hall–Kier alpha value is -2.66. The first-order valence-electron chi connectivity index (χ1n) is 9.15. The van der Waals surface area contributed by atoms with E-state index >= 15 is 0 Å². The summed E-state index contributed by atoms with van der Waals surface area (Å²) in [4.78, 5) is 18.7. The van der Waals surface area contributed by atoms with Gasteiger partial charge in [-0.25, -0.2) is 14.2 Å². The van der Waals surface area contributed by atoms with Crippen molar-refractivity contribution < 1.29 is 13.9 Å². The van der Waals surface area contributed by atoms with E-state index in [1.54, 1.807) is 6.07 Å². The first-order valence-corrected chi connectivity index (χ1v) is 10.0. The molecule has 28 heavy (non-hydrogen) atoms. The van der Waals surface area contributed by atoms with Crippen LogP contribution in [0.1, 0.15) is 39.2 Å². The molecular formula is C20H23FN4O2S. The smallest absolute Gasteiger partial charge is 0.407 e. The molecule has 1 saturated heterocycles. The van der Waals surface area contributed by atoms with Crippen molar-refractivity contribution >= 4 is 22.6 Å². The zero-order chi connectivity index (χ0) is 20.3. The fraction of sp³-hybridized carbons (Fsp3) is 0.450. The Kier molecular flexibility index (Phi) is 5.84. The summed E-state index contributed by atoms with van der Waals surface area (Å²) in [6, 6.07) is 6.42. The number of rotatable bonds is 3. The highest BCUT2D eigenvalue weighted by Gasteiger charge is 2.25. The number of nitrogens with zero attached hydrogens (tertiary/aromatic N) is 3. The Bertz CT molecular complexity index is 892. The lowest BCUT2D eigenvalue weighted by molar-refractivity contribution is 0.0497. The van der Waals surface area contributed by atoms with Gasteiger partial charge in [-0.3, -0.25) is 0 Å². The van der Waals surface area contributed by atoms with E-state index in [2.05, 4.69) is 15.2 Å². The normalized spacial score (nSPS) is 15.2. The topological polar surface area (TPSA) is 78.2 Å². The number of amides is 1. The fourth-order valence-corrected chi connectivity index (χ4v) is 3.89. The van der Waals surface area contributed by atoms with Crippen LogP contribution in [0.2, 0.25) is 0 Å². The minimum absolute atomic E-state index is 0.0266. The molecule has 3 rings (SSSR count). The second-order valence-electron chi connectivity index (χ2n) is 7.73. The molecule has 0 aliphatic carbocycles. The third-order valence-corrected chi connectivity index (χ3v) is 5.27. The van der Waals surface area contributed by atoms with Gasteiger partial charge >= 0.3 is 6.09 Å². The van der Waals surface area contributed by atoms with Crippen molar-refractivity contribution in [3.63, 3.8) is 0 Å². The van der Waals surface area contributed by atoms with E-state index in [0.717, 1.165) is 31.1 Å². The second kappa shape index (κ2) is 8.15. The van der Waals surface area contributed by atoms with Gasteiger partial charge in [-0.1, -0.05) is 6.07 Å². The number of alkyl carbamates (subject to hydrolysis) is 1. The highest BCUT2D eigenvalue weighted by molar-refractivity contribution is 7.14. The highest BCUT2D eigenvalue weighted by Crippen LogP contribution is 2.30. The molecule has 1 aromatic heterocycles. The molecule has 1 fully saturated rings. The minimum atomic E-state index is -0.538. The Morgan fingerprint density at radius 2 is 2.11 bits per heavy atom. The number of halogens is 1. The largest absolute Gasteiger partial charge is 0.444 e. The summed E-state index contributed by atoms with van der Waals surface area (Å²) in [5.74, 6) is -0.538. The molecule has 1 amide bonds.